The summed E-state index contributed by atoms with van der Waals surface area (Å²) in [6, 6.07) is 0. The van der Waals surface area contributed by atoms with Crippen LogP contribution in [-0.4, -0.2) is 19.4 Å². The van der Waals surface area contributed by atoms with Gasteiger partial charge in [0.05, 0.1) is 0 Å². The molecular formula is C8H15BN. The van der Waals surface area contributed by atoms with Gasteiger partial charge in [0.15, 0.2) is 7.28 Å². The van der Waals surface area contributed by atoms with E-state index in [4.69, 9.17) is 0 Å². The molecule has 0 saturated carbocycles. The van der Waals surface area contributed by atoms with Gasteiger partial charge in [-0.15, -0.1) is 12.1 Å². The maximum absolute atomic E-state index is 4.29. The van der Waals surface area contributed by atoms with Crippen molar-refractivity contribution in [2.45, 2.75) is 27.2 Å². The predicted octanol–water partition coefficient (Wildman–Crippen LogP) is 2.05. The molecule has 0 amide bonds. The molecule has 0 saturated heterocycles. The van der Waals surface area contributed by atoms with E-state index in [9.17, 15) is 0 Å². The molecule has 0 bridgehead atoms. The van der Waals surface area contributed by atoms with E-state index < -0.39 is 0 Å². The van der Waals surface area contributed by atoms with Crippen molar-refractivity contribution < 1.29 is 0 Å². The SMILES string of the molecule is C/C=C/[B]CN=C(C)CC. The van der Waals surface area contributed by atoms with Crippen molar-refractivity contribution >= 4 is 13.0 Å². The Bertz CT molecular complexity index is 127. The number of hydrogen-bond acceptors (Lipinski definition) is 1. The molecule has 10 heavy (non-hydrogen) atoms. The smallest absolute Gasteiger partial charge is 0.169 e. The molecule has 0 atom stereocenters. The van der Waals surface area contributed by atoms with Gasteiger partial charge in [-0.1, -0.05) is 6.92 Å². The minimum Gasteiger partial charge on any atom is -0.303 e. The number of nitrogens with zero attached hydrogens (tertiary/aromatic N) is 1. The van der Waals surface area contributed by atoms with Crippen LogP contribution in [0, 0.1) is 0 Å². The van der Waals surface area contributed by atoms with Gasteiger partial charge >= 0.3 is 0 Å². The number of rotatable bonds is 4. The molecule has 0 fully saturated rings. The van der Waals surface area contributed by atoms with Crippen molar-refractivity contribution in [1.82, 2.24) is 0 Å². The first-order valence-electron chi connectivity index (χ1n) is 3.75. The average molecular weight is 136 g/mol. The van der Waals surface area contributed by atoms with Crippen LogP contribution in [-0.2, 0) is 0 Å². The molecule has 0 aliphatic rings. The monoisotopic (exact) mass is 136 g/mol. The summed E-state index contributed by atoms with van der Waals surface area (Å²) in [6.07, 6.45) is 3.89. The second-order valence-corrected chi connectivity index (χ2v) is 2.19. The highest BCUT2D eigenvalue weighted by molar-refractivity contribution is 6.42. The van der Waals surface area contributed by atoms with E-state index in [0.717, 1.165) is 12.9 Å². The molecular weight excluding hydrogens is 121 g/mol. The van der Waals surface area contributed by atoms with Gasteiger partial charge in [0.2, 0.25) is 0 Å². The zero-order chi connectivity index (χ0) is 7.82. The van der Waals surface area contributed by atoms with Crippen LogP contribution in [0.25, 0.3) is 0 Å². The van der Waals surface area contributed by atoms with E-state index in [1.807, 2.05) is 19.0 Å². The van der Waals surface area contributed by atoms with E-state index in [1.165, 1.54) is 5.71 Å². The summed E-state index contributed by atoms with van der Waals surface area (Å²) in [7, 11) is 2.05. The third kappa shape index (κ3) is 5.61. The highest BCUT2D eigenvalue weighted by atomic mass is 14.7. The first-order chi connectivity index (χ1) is 4.81. The largest absolute Gasteiger partial charge is 0.303 e. The van der Waals surface area contributed by atoms with Gasteiger partial charge in [-0.3, -0.25) is 0 Å². The first kappa shape index (κ1) is 9.47. The standard InChI is InChI=1S/C8H15BN/c1-4-6-9-7-10-8(3)5-2/h4,6H,5,7H2,1-3H3/b6-4+,10-8?. The average Bonchev–Trinajstić information content (AvgIpc) is 1.98. The van der Waals surface area contributed by atoms with Crippen LogP contribution in [0.2, 0.25) is 0 Å². The summed E-state index contributed by atoms with van der Waals surface area (Å²) in [6.45, 7) is 6.19. The maximum atomic E-state index is 4.29. The van der Waals surface area contributed by atoms with Crippen molar-refractivity contribution in [3.63, 3.8) is 0 Å². The van der Waals surface area contributed by atoms with Crippen LogP contribution in [0.15, 0.2) is 17.0 Å². The quantitative estimate of drug-likeness (QED) is 0.318. The summed E-state index contributed by atoms with van der Waals surface area (Å²) in [5.41, 5.74) is 1.22. The zero-order valence-corrected chi connectivity index (χ0v) is 7.09. The second kappa shape index (κ2) is 6.59. The second-order valence-electron chi connectivity index (χ2n) is 2.19. The fourth-order valence-corrected chi connectivity index (χ4v) is 0.517. The van der Waals surface area contributed by atoms with Gasteiger partial charge in [0.25, 0.3) is 0 Å². The van der Waals surface area contributed by atoms with Crippen molar-refractivity contribution in [2.75, 3.05) is 6.44 Å². The maximum Gasteiger partial charge on any atom is 0.169 e. The Morgan fingerprint density at radius 3 is 2.80 bits per heavy atom. The fourth-order valence-electron chi connectivity index (χ4n) is 0.517. The topological polar surface area (TPSA) is 12.4 Å². The zero-order valence-electron chi connectivity index (χ0n) is 7.09. The molecule has 2 heteroatoms. The molecule has 0 unspecified atom stereocenters. The first-order valence-corrected chi connectivity index (χ1v) is 3.75. The molecule has 0 N–H and O–H groups in total. The van der Waals surface area contributed by atoms with Gasteiger partial charge in [-0.25, -0.2) is 0 Å². The molecule has 0 aromatic carbocycles. The molecule has 0 aromatic rings. The van der Waals surface area contributed by atoms with Gasteiger partial charge < -0.3 is 4.99 Å². The van der Waals surface area contributed by atoms with Gasteiger partial charge in [-0.05, 0) is 20.3 Å². The Labute approximate surface area is 64.5 Å². The Morgan fingerprint density at radius 2 is 2.30 bits per heavy atom. The Kier molecular flexibility index (Phi) is 6.25. The third-order valence-corrected chi connectivity index (χ3v) is 1.31. The molecule has 0 aromatic heterocycles. The van der Waals surface area contributed by atoms with Crippen molar-refractivity contribution in [1.29, 1.82) is 0 Å². The minimum atomic E-state index is 0.823. The summed E-state index contributed by atoms with van der Waals surface area (Å²) >= 11 is 0. The van der Waals surface area contributed by atoms with Crippen molar-refractivity contribution in [3.8, 4) is 0 Å². The van der Waals surface area contributed by atoms with Crippen LogP contribution in [0.4, 0.5) is 0 Å². The van der Waals surface area contributed by atoms with Gasteiger partial charge in [0.1, 0.15) is 0 Å². The van der Waals surface area contributed by atoms with Crippen LogP contribution < -0.4 is 0 Å². The lowest BCUT2D eigenvalue weighted by molar-refractivity contribution is 1.21. The van der Waals surface area contributed by atoms with Crippen LogP contribution in [0.1, 0.15) is 27.2 Å². The summed E-state index contributed by atoms with van der Waals surface area (Å²) in [5, 5.41) is 0. The molecule has 55 valence electrons. The van der Waals surface area contributed by atoms with Gasteiger partial charge in [-0.2, -0.15) is 0 Å². The van der Waals surface area contributed by atoms with E-state index in [2.05, 4.69) is 26.1 Å². The summed E-state index contributed by atoms with van der Waals surface area (Å²) in [4.78, 5) is 4.29. The highest BCUT2D eigenvalue weighted by Gasteiger charge is 1.83. The van der Waals surface area contributed by atoms with E-state index >= 15 is 0 Å². The number of aliphatic imine (C=N–C) groups is 1. The lowest BCUT2D eigenvalue weighted by Gasteiger charge is -1.91. The Hall–Kier alpha value is -0.525. The molecule has 0 spiro atoms. The van der Waals surface area contributed by atoms with Crippen LogP contribution >= 0.6 is 0 Å². The lowest BCUT2D eigenvalue weighted by Crippen LogP contribution is -1.96. The van der Waals surface area contributed by atoms with E-state index in [-0.39, 0.29) is 0 Å². The molecule has 1 radical (unpaired) electrons. The highest BCUT2D eigenvalue weighted by Crippen LogP contribution is 1.83. The van der Waals surface area contributed by atoms with Crippen LogP contribution in [0.5, 0.6) is 0 Å². The molecule has 0 rings (SSSR count). The number of hydrogen-bond donors (Lipinski definition) is 0. The lowest BCUT2D eigenvalue weighted by atomic mass is 9.79. The molecule has 0 aliphatic carbocycles. The summed E-state index contributed by atoms with van der Waals surface area (Å²) < 4.78 is 0. The summed E-state index contributed by atoms with van der Waals surface area (Å²) in [5.74, 6) is 2.02. The Morgan fingerprint density at radius 1 is 1.60 bits per heavy atom. The van der Waals surface area contributed by atoms with Crippen LogP contribution in [0.3, 0.4) is 0 Å². The molecule has 1 nitrogen and oxygen atoms in total. The normalized spacial score (nSPS) is 12.5. The number of allylic oxidation sites excluding steroid dienone is 1. The molecule has 0 heterocycles. The third-order valence-electron chi connectivity index (χ3n) is 1.31. The van der Waals surface area contributed by atoms with Crippen molar-refractivity contribution in [3.05, 3.63) is 12.1 Å². The van der Waals surface area contributed by atoms with E-state index in [0.29, 0.717) is 0 Å². The van der Waals surface area contributed by atoms with Crippen molar-refractivity contribution in [2.24, 2.45) is 4.99 Å². The fraction of sp³-hybridized carbons (Fsp3) is 0.625. The minimum absolute atomic E-state index is 0.823. The van der Waals surface area contributed by atoms with E-state index in [1.54, 1.807) is 0 Å². The van der Waals surface area contributed by atoms with Gasteiger partial charge in [0, 0.05) is 12.2 Å². The Balaban J connectivity index is 3.33. The molecule has 0 aliphatic heterocycles. The predicted molar refractivity (Wildman–Crippen MR) is 48.8 cm³/mol.